The SMILES string of the molecule is O=C(Nc1ccc(Cl)cn1)c1cnn(-c2cccc(Cl)c2)c1C(F)(F)F. The Hall–Kier alpha value is -2.58. The molecule has 0 aliphatic heterocycles. The van der Waals surface area contributed by atoms with E-state index in [4.69, 9.17) is 23.2 Å². The van der Waals surface area contributed by atoms with Gasteiger partial charge in [0, 0.05) is 11.2 Å². The topological polar surface area (TPSA) is 59.8 Å². The maximum atomic E-state index is 13.6. The van der Waals surface area contributed by atoms with Crippen molar-refractivity contribution in [2.45, 2.75) is 6.18 Å². The van der Waals surface area contributed by atoms with Gasteiger partial charge in [-0.05, 0) is 30.3 Å². The average molecular weight is 401 g/mol. The van der Waals surface area contributed by atoms with Crippen molar-refractivity contribution in [2.75, 3.05) is 5.32 Å². The van der Waals surface area contributed by atoms with E-state index in [1.54, 1.807) is 0 Å². The van der Waals surface area contributed by atoms with Crippen LogP contribution in [0.15, 0.2) is 48.8 Å². The number of aromatic nitrogens is 3. The van der Waals surface area contributed by atoms with E-state index >= 15 is 0 Å². The molecule has 0 saturated carbocycles. The summed E-state index contributed by atoms with van der Waals surface area (Å²) in [5, 5.41) is 6.56. The smallest absolute Gasteiger partial charge is 0.306 e. The zero-order chi connectivity index (χ0) is 18.9. The quantitative estimate of drug-likeness (QED) is 0.683. The molecule has 134 valence electrons. The number of pyridine rings is 1. The zero-order valence-electron chi connectivity index (χ0n) is 12.8. The van der Waals surface area contributed by atoms with Gasteiger partial charge in [0.2, 0.25) is 0 Å². The molecule has 0 saturated heterocycles. The van der Waals surface area contributed by atoms with E-state index in [9.17, 15) is 18.0 Å². The first-order valence-corrected chi connectivity index (χ1v) is 7.85. The molecule has 3 aromatic rings. The molecule has 2 heterocycles. The second-order valence-corrected chi connectivity index (χ2v) is 5.98. The Morgan fingerprint density at radius 1 is 1.08 bits per heavy atom. The third kappa shape index (κ3) is 3.81. The molecule has 2 aromatic heterocycles. The largest absolute Gasteiger partial charge is 0.434 e. The van der Waals surface area contributed by atoms with Crippen LogP contribution in [0.4, 0.5) is 19.0 Å². The third-order valence-corrected chi connectivity index (χ3v) is 3.76. The van der Waals surface area contributed by atoms with E-state index in [2.05, 4.69) is 15.4 Å². The van der Waals surface area contributed by atoms with Crippen molar-refractivity contribution < 1.29 is 18.0 Å². The van der Waals surface area contributed by atoms with Gasteiger partial charge in [-0.15, -0.1) is 0 Å². The van der Waals surface area contributed by atoms with Crippen molar-refractivity contribution in [1.29, 1.82) is 0 Å². The number of nitrogens with zero attached hydrogens (tertiary/aromatic N) is 3. The Labute approximate surface area is 155 Å². The van der Waals surface area contributed by atoms with E-state index in [1.165, 1.54) is 42.6 Å². The Kier molecular flexibility index (Phi) is 4.88. The van der Waals surface area contributed by atoms with Crippen molar-refractivity contribution in [1.82, 2.24) is 14.8 Å². The summed E-state index contributed by atoms with van der Waals surface area (Å²) < 4.78 is 41.3. The van der Waals surface area contributed by atoms with Gasteiger partial charge in [0.05, 0.1) is 22.5 Å². The predicted octanol–water partition coefficient (Wildman–Crippen LogP) is 4.85. The number of hydrogen-bond acceptors (Lipinski definition) is 3. The van der Waals surface area contributed by atoms with Gasteiger partial charge < -0.3 is 5.32 Å². The number of rotatable bonds is 3. The van der Waals surface area contributed by atoms with Crippen LogP contribution in [0.25, 0.3) is 5.69 Å². The number of nitrogens with one attached hydrogen (secondary N) is 1. The fourth-order valence-electron chi connectivity index (χ4n) is 2.22. The first-order valence-electron chi connectivity index (χ1n) is 7.10. The summed E-state index contributed by atoms with van der Waals surface area (Å²) >= 11 is 11.5. The summed E-state index contributed by atoms with van der Waals surface area (Å²) in [6, 6.07) is 8.53. The highest BCUT2D eigenvalue weighted by atomic mass is 35.5. The van der Waals surface area contributed by atoms with E-state index in [0.29, 0.717) is 9.70 Å². The van der Waals surface area contributed by atoms with Gasteiger partial charge in [0.15, 0.2) is 5.69 Å². The lowest BCUT2D eigenvalue weighted by Crippen LogP contribution is -2.21. The van der Waals surface area contributed by atoms with Crippen LogP contribution in [-0.4, -0.2) is 20.7 Å². The monoisotopic (exact) mass is 400 g/mol. The Morgan fingerprint density at radius 3 is 2.46 bits per heavy atom. The molecule has 1 amide bonds. The third-order valence-electron chi connectivity index (χ3n) is 3.30. The standard InChI is InChI=1S/C16H9Cl2F3N4O/c17-9-2-1-3-11(6-9)25-14(16(19,20)21)12(8-23-25)15(26)24-13-5-4-10(18)7-22-13/h1-8H,(H,22,24,26). The van der Waals surface area contributed by atoms with Gasteiger partial charge in [0.1, 0.15) is 5.82 Å². The lowest BCUT2D eigenvalue weighted by atomic mass is 10.2. The van der Waals surface area contributed by atoms with Crippen LogP contribution in [0.3, 0.4) is 0 Å². The lowest BCUT2D eigenvalue weighted by molar-refractivity contribution is -0.143. The molecule has 3 rings (SSSR count). The van der Waals surface area contributed by atoms with Gasteiger partial charge in [0.25, 0.3) is 5.91 Å². The molecule has 0 aliphatic rings. The molecule has 1 aromatic carbocycles. The normalized spacial score (nSPS) is 11.4. The minimum atomic E-state index is -4.82. The molecule has 0 atom stereocenters. The van der Waals surface area contributed by atoms with Crippen molar-refractivity contribution in [2.24, 2.45) is 0 Å². The lowest BCUT2D eigenvalue weighted by Gasteiger charge is -2.13. The molecule has 0 spiro atoms. The maximum absolute atomic E-state index is 13.6. The second kappa shape index (κ2) is 6.97. The fraction of sp³-hybridized carbons (Fsp3) is 0.0625. The highest BCUT2D eigenvalue weighted by Crippen LogP contribution is 2.34. The Morgan fingerprint density at radius 2 is 1.85 bits per heavy atom. The second-order valence-electron chi connectivity index (χ2n) is 5.11. The van der Waals surface area contributed by atoms with E-state index in [0.717, 1.165) is 6.20 Å². The summed E-state index contributed by atoms with van der Waals surface area (Å²) in [6.45, 7) is 0. The minimum Gasteiger partial charge on any atom is -0.306 e. The van der Waals surface area contributed by atoms with Crippen LogP contribution < -0.4 is 5.32 Å². The first-order chi connectivity index (χ1) is 12.3. The van der Waals surface area contributed by atoms with Crippen molar-refractivity contribution >= 4 is 34.9 Å². The van der Waals surface area contributed by atoms with Crippen LogP contribution >= 0.6 is 23.2 Å². The highest BCUT2D eigenvalue weighted by molar-refractivity contribution is 6.30. The number of alkyl halides is 3. The van der Waals surface area contributed by atoms with Gasteiger partial charge in [-0.1, -0.05) is 29.3 Å². The summed E-state index contributed by atoms with van der Waals surface area (Å²) in [4.78, 5) is 16.1. The summed E-state index contributed by atoms with van der Waals surface area (Å²) in [5.41, 5.74) is -1.78. The Balaban J connectivity index is 2.02. The number of amides is 1. The van der Waals surface area contributed by atoms with Crippen LogP contribution in [0.1, 0.15) is 16.1 Å². The number of carbonyl (C=O) groups excluding carboxylic acids is 1. The molecule has 0 fully saturated rings. The van der Waals surface area contributed by atoms with Gasteiger partial charge >= 0.3 is 6.18 Å². The first kappa shape index (κ1) is 18.2. The van der Waals surface area contributed by atoms with Gasteiger partial charge in [-0.25, -0.2) is 9.67 Å². The van der Waals surface area contributed by atoms with Crippen LogP contribution in [0.2, 0.25) is 10.0 Å². The summed E-state index contributed by atoms with van der Waals surface area (Å²) in [5.74, 6) is -0.941. The summed E-state index contributed by atoms with van der Waals surface area (Å²) in [7, 11) is 0. The van der Waals surface area contributed by atoms with Crippen molar-refractivity contribution in [3.05, 3.63) is 70.1 Å². The van der Waals surface area contributed by atoms with Gasteiger partial charge in [-0.2, -0.15) is 18.3 Å². The molecule has 0 unspecified atom stereocenters. The maximum Gasteiger partial charge on any atom is 0.434 e. The molecule has 0 radical (unpaired) electrons. The predicted molar refractivity (Wildman–Crippen MR) is 90.8 cm³/mol. The van der Waals surface area contributed by atoms with Crippen molar-refractivity contribution in [3.63, 3.8) is 0 Å². The molecular formula is C16H9Cl2F3N4O. The number of halogens is 5. The molecule has 10 heteroatoms. The molecule has 0 bridgehead atoms. The zero-order valence-corrected chi connectivity index (χ0v) is 14.3. The average Bonchev–Trinajstić information content (AvgIpc) is 3.02. The molecule has 1 N–H and O–H groups in total. The number of hydrogen-bond donors (Lipinski definition) is 1. The van der Waals surface area contributed by atoms with Crippen LogP contribution in [0.5, 0.6) is 0 Å². The Bertz CT molecular complexity index is 955. The molecule has 5 nitrogen and oxygen atoms in total. The van der Waals surface area contributed by atoms with Crippen molar-refractivity contribution in [3.8, 4) is 5.69 Å². The van der Waals surface area contributed by atoms with Gasteiger partial charge in [-0.3, -0.25) is 4.79 Å². The molecule has 0 aliphatic carbocycles. The number of benzene rings is 1. The summed E-state index contributed by atoms with van der Waals surface area (Å²) in [6.07, 6.45) is -2.72. The fourth-order valence-corrected chi connectivity index (χ4v) is 2.52. The number of anilines is 1. The van der Waals surface area contributed by atoms with Crippen LogP contribution in [-0.2, 0) is 6.18 Å². The molecule has 26 heavy (non-hydrogen) atoms. The van der Waals surface area contributed by atoms with E-state index in [1.807, 2.05) is 0 Å². The van der Waals surface area contributed by atoms with E-state index in [-0.39, 0.29) is 16.5 Å². The molecular weight excluding hydrogens is 392 g/mol. The van der Waals surface area contributed by atoms with Crippen LogP contribution in [0, 0.1) is 0 Å². The minimum absolute atomic E-state index is 0.0584. The number of carbonyl (C=O) groups is 1. The van der Waals surface area contributed by atoms with E-state index < -0.39 is 23.3 Å². The highest BCUT2D eigenvalue weighted by Gasteiger charge is 2.40.